The van der Waals surface area contributed by atoms with E-state index in [1.54, 1.807) is 49.6 Å². The van der Waals surface area contributed by atoms with Gasteiger partial charge in [-0.1, -0.05) is 48.5 Å². The van der Waals surface area contributed by atoms with Crippen molar-refractivity contribution in [2.24, 2.45) is 0 Å². The Bertz CT molecular complexity index is 1930. The summed E-state index contributed by atoms with van der Waals surface area (Å²) in [7, 11) is -19.8. The average molecular weight is 1190 g/mol. The standard InChI is InChI=1S/4C10H8N2.4ClHO4.2Fe.3H2O/c4*1-3-7-11-9(5-1)10-6-2-4-8-12-10;4*2-1(3,4)5;;;;;/h4*1-8H;4*(H,2,3,4,5);;;3*1H2/q;;;;;;;;2*+2;;;/p-4. The Morgan fingerprint density at radius 1 is 0.192 bits per heavy atom. The molecule has 0 saturated heterocycles. The Kier molecular flexibility index (Phi) is 44.1. The molecule has 33 heteroatoms. The minimum Gasteiger partial charge on any atom is -0.412 e. The Balaban J connectivity index is -0.000000247. The van der Waals surface area contributed by atoms with Gasteiger partial charge in [0.05, 0.1) is 45.6 Å². The van der Waals surface area contributed by atoms with E-state index < -0.39 is 41.0 Å². The van der Waals surface area contributed by atoms with Crippen LogP contribution in [0.2, 0.25) is 0 Å². The van der Waals surface area contributed by atoms with E-state index in [4.69, 9.17) is 74.5 Å². The smallest absolute Gasteiger partial charge is 0.412 e. The molecule has 0 saturated carbocycles. The van der Waals surface area contributed by atoms with Gasteiger partial charge in [0.25, 0.3) is 0 Å². The second kappa shape index (κ2) is 42.0. The van der Waals surface area contributed by atoms with Crippen molar-refractivity contribution >= 4 is 0 Å². The van der Waals surface area contributed by atoms with E-state index in [-0.39, 0.29) is 50.6 Å². The quantitative estimate of drug-likeness (QED) is 0.148. The molecule has 396 valence electrons. The fourth-order valence-electron chi connectivity index (χ4n) is 4.11. The topological polar surface area (TPSA) is 567 Å². The third kappa shape index (κ3) is 50.0. The number of pyridine rings is 8. The number of hydrogen-bond donors (Lipinski definition) is 0. The molecule has 0 unspecified atom stereocenters. The molecule has 0 amide bonds. The molecule has 6 N–H and O–H groups in total. The normalized spacial score (nSPS) is 9.64. The van der Waals surface area contributed by atoms with Crippen molar-refractivity contribution in [1.29, 1.82) is 0 Å². The Morgan fingerprint density at radius 2 is 0.274 bits per heavy atom. The van der Waals surface area contributed by atoms with Crippen LogP contribution in [0.15, 0.2) is 195 Å². The van der Waals surface area contributed by atoms with E-state index in [1.807, 2.05) is 146 Å². The van der Waals surface area contributed by atoms with Crippen LogP contribution < -0.4 is 74.5 Å². The van der Waals surface area contributed by atoms with Gasteiger partial charge in [0.15, 0.2) is 0 Å². The summed E-state index contributed by atoms with van der Waals surface area (Å²) < 4.78 is 136. The van der Waals surface area contributed by atoms with Gasteiger partial charge >= 0.3 is 34.1 Å². The minimum absolute atomic E-state index is 0. The van der Waals surface area contributed by atoms with Crippen molar-refractivity contribution < 1.29 is 166 Å². The number of nitrogens with zero attached hydrogens (tertiary/aromatic N) is 8. The van der Waals surface area contributed by atoms with Crippen molar-refractivity contribution in [2.75, 3.05) is 0 Å². The van der Waals surface area contributed by atoms with E-state index >= 15 is 0 Å². The molecular weight excluding hydrogens is 1150 g/mol. The largest absolute Gasteiger partial charge is 2.00 e. The summed E-state index contributed by atoms with van der Waals surface area (Å²) in [6.45, 7) is 0. The van der Waals surface area contributed by atoms with E-state index in [1.165, 1.54) is 0 Å². The van der Waals surface area contributed by atoms with Crippen LogP contribution in [-0.4, -0.2) is 56.3 Å². The predicted molar refractivity (Wildman–Crippen MR) is 201 cm³/mol. The number of rotatable bonds is 4. The molecule has 8 aromatic rings. The van der Waals surface area contributed by atoms with Gasteiger partial charge in [-0.25, -0.2) is 74.5 Å². The maximum absolute atomic E-state index is 8.49. The summed E-state index contributed by atoms with van der Waals surface area (Å²) in [6.07, 6.45) is 14.1. The maximum Gasteiger partial charge on any atom is 2.00 e. The molecule has 8 aromatic heterocycles. The molecule has 8 rings (SSSR count). The summed E-state index contributed by atoms with van der Waals surface area (Å²) in [5.74, 6) is 0. The molecule has 0 aliphatic heterocycles. The Hall–Kier alpha value is -5.36. The molecular formula is C40H38Cl4Fe2N8O19. The molecule has 0 bridgehead atoms. The SMILES string of the molecule is O.O.O.[Fe+2].[Fe+2].[O-][Cl+3]([O-])([O-])[O-].[O-][Cl+3]([O-])([O-])[O-].[O-][Cl+3]([O-])([O-])[O-].[O-][Cl+3]([O-])([O-])[O-].c1ccc(-c2ccccn2)nc1.c1ccc(-c2ccccn2)nc1.c1ccc(-c2ccccn2)nc1.c1ccc(-c2ccccn2)nc1. The maximum atomic E-state index is 8.49. The van der Waals surface area contributed by atoms with Gasteiger partial charge in [-0.05, 0) is 97.1 Å². The van der Waals surface area contributed by atoms with Crippen LogP contribution in [0, 0.1) is 41.0 Å². The number of hydrogen-bond acceptors (Lipinski definition) is 24. The number of aromatic nitrogens is 8. The van der Waals surface area contributed by atoms with E-state index in [0.717, 1.165) is 45.6 Å². The second-order valence-electron chi connectivity index (χ2n) is 11.2. The molecule has 8 heterocycles. The van der Waals surface area contributed by atoms with Crippen molar-refractivity contribution in [3.8, 4) is 45.6 Å². The third-order valence-electron chi connectivity index (χ3n) is 6.37. The van der Waals surface area contributed by atoms with Gasteiger partial charge < -0.3 is 16.4 Å². The summed E-state index contributed by atoms with van der Waals surface area (Å²) in [5.41, 5.74) is 7.32. The third-order valence-corrected chi connectivity index (χ3v) is 6.37. The fraction of sp³-hybridized carbons (Fsp3) is 0. The molecule has 0 radical (unpaired) electrons. The Morgan fingerprint density at radius 3 is 0.329 bits per heavy atom. The molecule has 0 aliphatic rings. The van der Waals surface area contributed by atoms with Gasteiger partial charge in [0.1, 0.15) is 0 Å². The van der Waals surface area contributed by atoms with Gasteiger partial charge in [-0.15, -0.1) is 41.0 Å². The molecule has 0 aliphatic carbocycles. The van der Waals surface area contributed by atoms with E-state index in [2.05, 4.69) is 39.9 Å². The summed E-state index contributed by atoms with van der Waals surface area (Å²) in [5, 5.41) is 0. The first-order chi connectivity index (χ1) is 31.9. The monoisotopic (exact) mass is 1190 g/mol. The van der Waals surface area contributed by atoms with Gasteiger partial charge in [-0.3, -0.25) is 39.9 Å². The Labute approximate surface area is 444 Å². The second-order valence-corrected chi connectivity index (χ2v) is 14.3. The van der Waals surface area contributed by atoms with Crippen molar-refractivity contribution in [2.45, 2.75) is 0 Å². The summed E-state index contributed by atoms with van der Waals surface area (Å²) in [4.78, 5) is 33.5. The first-order valence-electron chi connectivity index (χ1n) is 17.6. The van der Waals surface area contributed by atoms with Crippen LogP contribution in [-0.2, 0) is 34.1 Å². The predicted octanol–water partition coefficient (Wildman–Crippen LogP) is -12.9. The zero-order chi connectivity index (χ0) is 50.9. The molecule has 27 nitrogen and oxygen atoms in total. The molecule has 0 spiro atoms. The molecule has 0 aromatic carbocycles. The zero-order valence-electron chi connectivity index (χ0n) is 36.3. The van der Waals surface area contributed by atoms with E-state index in [9.17, 15) is 0 Å². The van der Waals surface area contributed by atoms with Gasteiger partial charge in [0.2, 0.25) is 0 Å². The number of halogens is 4. The van der Waals surface area contributed by atoms with Crippen LogP contribution in [0.4, 0.5) is 0 Å². The van der Waals surface area contributed by atoms with Crippen LogP contribution >= 0.6 is 0 Å². The van der Waals surface area contributed by atoms with Crippen LogP contribution in [0.5, 0.6) is 0 Å². The van der Waals surface area contributed by atoms with Gasteiger partial charge in [0, 0.05) is 49.6 Å². The molecule has 0 fully saturated rings. The fourth-order valence-corrected chi connectivity index (χ4v) is 4.11. The van der Waals surface area contributed by atoms with Crippen molar-refractivity contribution in [3.63, 3.8) is 0 Å². The molecule has 73 heavy (non-hydrogen) atoms. The average Bonchev–Trinajstić information content (AvgIpc) is 3.30. The summed E-state index contributed by atoms with van der Waals surface area (Å²) >= 11 is 0. The zero-order valence-corrected chi connectivity index (χ0v) is 41.5. The van der Waals surface area contributed by atoms with Gasteiger partial charge in [-0.2, -0.15) is 0 Å². The van der Waals surface area contributed by atoms with Crippen LogP contribution in [0.1, 0.15) is 0 Å². The van der Waals surface area contributed by atoms with E-state index in [0.29, 0.717) is 0 Å². The first-order valence-corrected chi connectivity index (χ1v) is 22.6. The van der Waals surface area contributed by atoms with Crippen LogP contribution in [0.3, 0.4) is 0 Å². The van der Waals surface area contributed by atoms with Crippen molar-refractivity contribution in [3.05, 3.63) is 195 Å². The summed E-state index contributed by atoms with van der Waals surface area (Å²) in [6, 6.07) is 46.4. The minimum atomic E-state index is -4.94. The van der Waals surface area contributed by atoms with Crippen molar-refractivity contribution in [1.82, 2.24) is 39.9 Å². The first kappa shape index (κ1) is 76.6. The molecule has 0 atom stereocenters. The van der Waals surface area contributed by atoms with Crippen LogP contribution in [0.25, 0.3) is 45.6 Å².